The predicted molar refractivity (Wildman–Crippen MR) is 76.5 cm³/mol. The maximum absolute atomic E-state index is 12.1. The molecule has 3 N–H and O–H groups in total. The molecular formula is C15H24N2O4. The molecule has 2 fully saturated rings. The molecule has 2 aliphatic rings. The minimum absolute atomic E-state index is 0.0264. The van der Waals surface area contributed by atoms with Gasteiger partial charge in [-0.2, -0.15) is 0 Å². The summed E-state index contributed by atoms with van der Waals surface area (Å²) in [7, 11) is 0. The van der Waals surface area contributed by atoms with Gasteiger partial charge in [0, 0.05) is 12.0 Å². The van der Waals surface area contributed by atoms with E-state index in [4.69, 9.17) is 5.11 Å². The Labute approximate surface area is 124 Å². The van der Waals surface area contributed by atoms with Crippen LogP contribution in [0, 0.1) is 11.8 Å². The average Bonchev–Trinajstić information content (AvgIpc) is 3.09. The molecule has 0 aromatic heterocycles. The molecule has 21 heavy (non-hydrogen) atoms. The number of hydrogen-bond acceptors (Lipinski definition) is 3. The molecule has 2 amide bonds. The van der Waals surface area contributed by atoms with Gasteiger partial charge in [-0.3, -0.25) is 14.4 Å². The Morgan fingerprint density at radius 3 is 2.33 bits per heavy atom. The highest BCUT2D eigenvalue weighted by molar-refractivity contribution is 5.88. The number of hydrogen-bond donors (Lipinski definition) is 3. The van der Waals surface area contributed by atoms with Crippen molar-refractivity contribution in [2.45, 2.75) is 64.0 Å². The topological polar surface area (TPSA) is 95.5 Å². The zero-order valence-electron chi connectivity index (χ0n) is 12.4. The molecule has 0 radical (unpaired) electrons. The van der Waals surface area contributed by atoms with E-state index in [-0.39, 0.29) is 23.8 Å². The Balaban J connectivity index is 1.81. The number of rotatable bonds is 5. The predicted octanol–water partition coefficient (Wildman–Crippen LogP) is 1.05. The standard InChI is InChI=1S/C15H24N2O4/c1-9(16-14(19)10-5-2-3-6-10)13(18)17-12-8-4-7-11(12)15(20)21/h9-12H,2-8H2,1H3,(H,16,19)(H,17,18)(H,20,21)/t9?,11-,12+/m0/s1. The van der Waals surface area contributed by atoms with Gasteiger partial charge >= 0.3 is 5.97 Å². The zero-order valence-corrected chi connectivity index (χ0v) is 12.4. The molecule has 3 atom stereocenters. The summed E-state index contributed by atoms with van der Waals surface area (Å²) in [5, 5.41) is 14.6. The highest BCUT2D eigenvalue weighted by Gasteiger charge is 2.35. The van der Waals surface area contributed by atoms with Crippen molar-refractivity contribution in [3.05, 3.63) is 0 Å². The summed E-state index contributed by atoms with van der Waals surface area (Å²) in [5.74, 6) is -1.69. The molecule has 2 aliphatic carbocycles. The number of amides is 2. The summed E-state index contributed by atoms with van der Waals surface area (Å²) >= 11 is 0. The third-order valence-corrected chi connectivity index (χ3v) is 4.64. The Morgan fingerprint density at radius 1 is 1.05 bits per heavy atom. The fourth-order valence-electron chi connectivity index (χ4n) is 3.32. The van der Waals surface area contributed by atoms with Crippen LogP contribution in [0.25, 0.3) is 0 Å². The highest BCUT2D eigenvalue weighted by atomic mass is 16.4. The van der Waals surface area contributed by atoms with Gasteiger partial charge in [-0.15, -0.1) is 0 Å². The molecule has 0 bridgehead atoms. The molecule has 2 rings (SSSR count). The number of carbonyl (C=O) groups is 3. The first kappa shape index (κ1) is 15.8. The average molecular weight is 296 g/mol. The van der Waals surface area contributed by atoms with Gasteiger partial charge in [0.1, 0.15) is 6.04 Å². The van der Waals surface area contributed by atoms with Gasteiger partial charge in [0.25, 0.3) is 0 Å². The molecule has 118 valence electrons. The second kappa shape index (κ2) is 6.91. The minimum Gasteiger partial charge on any atom is -0.481 e. The first-order valence-electron chi connectivity index (χ1n) is 7.82. The first-order valence-corrected chi connectivity index (χ1v) is 7.82. The van der Waals surface area contributed by atoms with Crippen LogP contribution in [0.4, 0.5) is 0 Å². The van der Waals surface area contributed by atoms with Gasteiger partial charge < -0.3 is 15.7 Å². The van der Waals surface area contributed by atoms with E-state index in [1.54, 1.807) is 6.92 Å². The lowest BCUT2D eigenvalue weighted by Gasteiger charge is -2.21. The lowest BCUT2D eigenvalue weighted by atomic mass is 10.0. The molecule has 0 aromatic rings. The van der Waals surface area contributed by atoms with E-state index in [1.807, 2.05) is 0 Å². The molecule has 6 heteroatoms. The maximum atomic E-state index is 12.1. The van der Waals surface area contributed by atoms with Crippen molar-refractivity contribution in [1.82, 2.24) is 10.6 Å². The number of aliphatic carboxylic acids is 1. The normalized spacial score (nSPS) is 27.3. The summed E-state index contributed by atoms with van der Waals surface area (Å²) in [4.78, 5) is 35.2. The van der Waals surface area contributed by atoms with Gasteiger partial charge in [0.05, 0.1) is 5.92 Å². The lowest BCUT2D eigenvalue weighted by Crippen LogP contribution is -2.50. The van der Waals surface area contributed by atoms with E-state index in [9.17, 15) is 14.4 Å². The number of nitrogens with one attached hydrogen (secondary N) is 2. The third-order valence-electron chi connectivity index (χ3n) is 4.64. The van der Waals surface area contributed by atoms with Crippen molar-refractivity contribution in [3.8, 4) is 0 Å². The molecule has 0 spiro atoms. The zero-order chi connectivity index (χ0) is 15.4. The van der Waals surface area contributed by atoms with Crippen LogP contribution in [0.15, 0.2) is 0 Å². The second-order valence-electron chi connectivity index (χ2n) is 6.20. The molecule has 0 aromatic carbocycles. The Bertz CT molecular complexity index is 418. The van der Waals surface area contributed by atoms with Crippen LogP contribution in [-0.2, 0) is 14.4 Å². The van der Waals surface area contributed by atoms with E-state index in [1.165, 1.54) is 0 Å². The van der Waals surface area contributed by atoms with E-state index < -0.39 is 17.9 Å². The van der Waals surface area contributed by atoms with Crippen molar-refractivity contribution < 1.29 is 19.5 Å². The smallest absolute Gasteiger partial charge is 0.308 e. The summed E-state index contributed by atoms with van der Waals surface area (Å²) < 4.78 is 0. The molecule has 1 unspecified atom stereocenters. The minimum atomic E-state index is -0.861. The molecule has 2 saturated carbocycles. The van der Waals surface area contributed by atoms with Crippen LogP contribution in [-0.4, -0.2) is 35.0 Å². The van der Waals surface area contributed by atoms with Crippen molar-refractivity contribution in [2.24, 2.45) is 11.8 Å². The first-order chi connectivity index (χ1) is 9.99. The molecule has 0 aliphatic heterocycles. The van der Waals surface area contributed by atoms with E-state index in [0.29, 0.717) is 12.8 Å². The SMILES string of the molecule is CC(NC(=O)C1CCCC1)C(=O)N[C@@H]1CCC[C@@H]1C(=O)O. The van der Waals surface area contributed by atoms with Crippen LogP contribution in [0.2, 0.25) is 0 Å². The van der Waals surface area contributed by atoms with Crippen LogP contribution in [0.3, 0.4) is 0 Å². The van der Waals surface area contributed by atoms with Gasteiger partial charge in [-0.1, -0.05) is 19.3 Å². The van der Waals surface area contributed by atoms with Crippen LogP contribution < -0.4 is 10.6 Å². The second-order valence-corrected chi connectivity index (χ2v) is 6.20. The molecular weight excluding hydrogens is 272 g/mol. The number of carboxylic acid groups (broad SMARTS) is 1. The quantitative estimate of drug-likeness (QED) is 0.706. The van der Waals surface area contributed by atoms with Gasteiger partial charge in [-0.05, 0) is 32.6 Å². The number of carboxylic acids is 1. The fourth-order valence-corrected chi connectivity index (χ4v) is 3.32. The summed E-state index contributed by atoms with van der Waals surface area (Å²) in [6.07, 6.45) is 6.02. The van der Waals surface area contributed by atoms with Gasteiger partial charge in [0.2, 0.25) is 11.8 Å². The largest absolute Gasteiger partial charge is 0.481 e. The summed E-state index contributed by atoms with van der Waals surface area (Å²) in [5.41, 5.74) is 0. The Kier molecular flexibility index (Phi) is 5.20. The van der Waals surface area contributed by atoms with Crippen LogP contribution in [0.5, 0.6) is 0 Å². The fraction of sp³-hybridized carbons (Fsp3) is 0.800. The Hall–Kier alpha value is -1.59. The van der Waals surface area contributed by atoms with Crippen molar-refractivity contribution >= 4 is 17.8 Å². The van der Waals surface area contributed by atoms with Crippen LogP contribution >= 0.6 is 0 Å². The highest BCUT2D eigenvalue weighted by Crippen LogP contribution is 2.26. The van der Waals surface area contributed by atoms with Gasteiger partial charge in [-0.25, -0.2) is 0 Å². The number of carbonyl (C=O) groups excluding carboxylic acids is 2. The molecule has 0 saturated heterocycles. The van der Waals surface area contributed by atoms with Crippen molar-refractivity contribution in [3.63, 3.8) is 0 Å². The van der Waals surface area contributed by atoms with E-state index in [0.717, 1.165) is 32.1 Å². The summed E-state index contributed by atoms with van der Waals surface area (Å²) in [6.45, 7) is 1.65. The molecule has 0 heterocycles. The lowest BCUT2D eigenvalue weighted by molar-refractivity contribution is -0.142. The monoisotopic (exact) mass is 296 g/mol. The Morgan fingerprint density at radius 2 is 1.71 bits per heavy atom. The van der Waals surface area contributed by atoms with E-state index >= 15 is 0 Å². The van der Waals surface area contributed by atoms with Crippen molar-refractivity contribution in [2.75, 3.05) is 0 Å². The van der Waals surface area contributed by atoms with E-state index in [2.05, 4.69) is 10.6 Å². The summed E-state index contributed by atoms with van der Waals surface area (Å²) in [6, 6.07) is -0.936. The third kappa shape index (κ3) is 3.95. The van der Waals surface area contributed by atoms with Crippen LogP contribution in [0.1, 0.15) is 51.9 Å². The maximum Gasteiger partial charge on any atom is 0.308 e. The van der Waals surface area contributed by atoms with Crippen molar-refractivity contribution in [1.29, 1.82) is 0 Å². The molecule has 6 nitrogen and oxygen atoms in total. The van der Waals surface area contributed by atoms with Gasteiger partial charge in [0.15, 0.2) is 0 Å².